The first-order valence-corrected chi connectivity index (χ1v) is 7.43. The fourth-order valence-corrected chi connectivity index (χ4v) is 3.01. The molecule has 18 heavy (non-hydrogen) atoms. The standard InChI is InChI=1S/C14H12BrFOS/c1-18-14-11(16)7-8-12(13(14)15)17-9-10-5-3-2-4-6-10/h2-8H,9H2,1H3. The molecule has 4 heteroatoms. The average molecular weight is 327 g/mol. The summed E-state index contributed by atoms with van der Waals surface area (Å²) < 4.78 is 19.9. The van der Waals surface area contributed by atoms with Gasteiger partial charge in [0.2, 0.25) is 0 Å². The van der Waals surface area contributed by atoms with Gasteiger partial charge in [0, 0.05) is 0 Å². The topological polar surface area (TPSA) is 9.23 Å². The second-order valence-electron chi connectivity index (χ2n) is 3.67. The highest BCUT2D eigenvalue weighted by Gasteiger charge is 2.11. The molecular formula is C14H12BrFOS. The number of thioether (sulfide) groups is 1. The molecule has 0 N–H and O–H groups in total. The maximum Gasteiger partial charge on any atom is 0.138 e. The molecule has 0 unspecified atom stereocenters. The first kappa shape index (κ1) is 13.4. The molecule has 0 radical (unpaired) electrons. The van der Waals surface area contributed by atoms with Gasteiger partial charge in [0.15, 0.2) is 0 Å². The summed E-state index contributed by atoms with van der Waals surface area (Å²) in [6, 6.07) is 12.9. The van der Waals surface area contributed by atoms with Gasteiger partial charge in [0.1, 0.15) is 18.2 Å². The van der Waals surface area contributed by atoms with Crippen molar-refractivity contribution in [2.45, 2.75) is 11.5 Å². The van der Waals surface area contributed by atoms with Crippen LogP contribution in [0.5, 0.6) is 5.75 Å². The van der Waals surface area contributed by atoms with Crippen molar-refractivity contribution in [3.05, 3.63) is 58.3 Å². The minimum absolute atomic E-state index is 0.235. The van der Waals surface area contributed by atoms with Crippen molar-refractivity contribution in [3.8, 4) is 5.75 Å². The van der Waals surface area contributed by atoms with Gasteiger partial charge in [-0.05, 0) is 39.9 Å². The minimum atomic E-state index is -0.235. The summed E-state index contributed by atoms with van der Waals surface area (Å²) in [7, 11) is 0. The highest BCUT2D eigenvalue weighted by molar-refractivity contribution is 9.10. The number of ether oxygens (including phenoxy) is 1. The van der Waals surface area contributed by atoms with Gasteiger partial charge in [-0.3, -0.25) is 0 Å². The fraction of sp³-hybridized carbons (Fsp3) is 0.143. The predicted molar refractivity (Wildman–Crippen MR) is 76.7 cm³/mol. The summed E-state index contributed by atoms with van der Waals surface area (Å²) in [4.78, 5) is 0.570. The molecule has 0 aliphatic heterocycles. The lowest BCUT2D eigenvalue weighted by Gasteiger charge is -2.11. The van der Waals surface area contributed by atoms with Gasteiger partial charge in [-0.1, -0.05) is 30.3 Å². The van der Waals surface area contributed by atoms with E-state index < -0.39 is 0 Å². The molecule has 0 fully saturated rings. The van der Waals surface area contributed by atoms with E-state index in [0.29, 0.717) is 21.7 Å². The van der Waals surface area contributed by atoms with E-state index in [1.54, 1.807) is 6.07 Å². The lowest BCUT2D eigenvalue weighted by molar-refractivity contribution is 0.302. The molecule has 1 nitrogen and oxygen atoms in total. The van der Waals surface area contributed by atoms with E-state index in [1.807, 2.05) is 36.6 Å². The normalized spacial score (nSPS) is 10.4. The monoisotopic (exact) mass is 326 g/mol. The molecule has 0 aliphatic rings. The predicted octanol–water partition coefficient (Wildman–Crippen LogP) is 4.89. The molecule has 0 spiro atoms. The Balaban J connectivity index is 2.15. The quantitative estimate of drug-likeness (QED) is 0.740. The Morgan fingerprint density at radius 2 is 1.89 bits per heavy atom. The molecule has 2 aromatic rings. The van der Waals surface area contributed by atoms with Crippen LogP contribution in [0.4, 0.5) is 4.39 Å². The van der Waals surface area contributed by atoms with E-state index in [0.717, 1.165) is 5.56 Å². The van der Waals surface area contributed by atoms with Crippen LogP contribution < -0.4 is 4.74 Å². The minimum Gasteiger partial charge on any atom is -0.488 e. The van der Waals surface area contributed by atoms with Crippen LogP contribution in [0.2, 0.25) is 0 Å². The number of rotatable bonds is 4. The van der Waals surface area contributed by atoms with E-state index in [-0.39, 0.29) is 5.82 Å². The highest BCUT2D eigenvalue weighted by Crippen LogP contribution is 2.36. The number of hydrogen-bond donors (Lipinski definition) is 0. The first-order valence-electron chi connectivity index (χ1n) is 5.41. The molecule has 0 aromatic heterocycles. The van der Waals surface area contributed by atoms with Crippen LogP contribution >= 0.6 is 27.7 Å². The van der Waals surface area contributed by atoms with E-state index >= 15 is 0 Å². The third-order valence-corrected chi connectivity index (χ3v) is 4.31. The smallest absolute Gasteiger partial charge is 0.138 e. The number of halogens is 2. The third kappa shape index (κ3) is 3.06. The Labute approximate surface area is 118 Å². The summed E-state index contributed by atoms with van der Waals surface area (Å²) in [6.07, 6.45) is 1.84. The Morgan fingerprint density at radius 3 is 2.56 bits per heavy atom. The first-order chi connectivity index (χ1) is 8.72. The van der Waals surface area contributed by atoms with Crippen LogP contribution in [0.3, 0.4) is 0 Å². The van der Waals surface area contributed by atoms with Crippen LogP contribution in [-0.4, -0.2) is 6.26 Å². The molecule has 0 amide bonds. The van der Waals surface area contributed by atoms with Crippen molar-refractivity contribution in [3.63, 3.8) is 0 Å². The summed E-state index contributed by atoms with van der Waals surface area (Å²) >= 11 is 4.74. The zero-order valence-corrected chi connectivity index (χ0v) is 12.2. The van der Waals surface area contributed by atoms with Gasteiger partial charge in [-0.2, -0.15) is 0 Å². The summed E-state index contributed by atoms with van der Waals surface area (Å²) in [5.74, 6) is 0.422. The Hall–Kier alpha value is -1.00. The second-order valence-corrected chi connectivity index (χ2v) is 5.28. The molecular weight excluding hydrogens is 315 g/mol. The van der Waals surface area contributed by atoms with Crippen molar-refractivity contribution < 1.29 is 9.13 Å². The molecule has 2 aromatic carbocycles. The van der Waals surface area contributed by atoms with Gasteiger partial charge in [-0.15, -0.1) is 11.8 Å². The zero-order valence-electron chi connectivity index (χ0n) is 9.82. The molecule has 0 saturated carbocycles. The van der Waals surface area contributed by atoms with E-state index in [2.05, 4.69) is 15.9 Å². The largest absolute Gasteiger partial charge is 0.488 e. The maximum absolute atomic E-state index is 13.5. The molecule has 0 bridgehead atoms. The molecule has 0 saturated heterocycles. The third-order valence-electron chi connectivity index (χ3n) is 2.45. The van der Waals surface area contributed by atoms with Crippen molar-refractivity contribution in [2.24, 2.45) is 0 Å². The molecule has 0 aliphatic carbocycles. The number of hydrogen-bond acceptors (Lipinski definition) is 2. The van der Waals surface area contributed by atoms with Crippen LogP contribution in [-0.2, 0) is 6.61 Å². The number of benzene rings is 2. The SMILES string of the molecule is CSc1c(F)ccc(OCc2ccccc2)c1Br. The summed E-state index contributed by atoms with van der Waals surface area (Å²) in [6.45, 7) is 0.471. The molecule has 94 valence electrons. The van der Waals surface area contributed by atoms with Crippen molar-refractivity contribution in [1.29, 1.82) is 0 Å². The average Bonchev–Trinajstić information content (AvgIpc) is 2.40. The van der Waals surface area contributed by atoms with Gasteiger partial charge < -0.3 is 4.74 Å². The van der Waals surface area contributed by atoms with Gasteiger partial charge >= 0.3 is 0 Å². The van der Waals surface area contributed by atoms with E-state index in [9.17, 15) is 4.39 Å². The van der Waals surface area contributed by atoms with Crippen LogP contribution in [0, 0.1) is 5.82 Å². The molecule has 2 rings (SSSR count). The van der Waals surface area contributed by atoms with Gasteiger partial charge in [0.25, 0.3) is 0 Å². The van der Waals surface area contributed by atoms with Crippen LogP contribution in [0.25, 0.3) is 0 Å². The lowest BCUT2D eigenvalue weighted by Crippen LogP contribution is -1.97. The summed E-state index contributed by atoms with van der Waals surface area (Å²) in [5.41, 5.74) is 1.08. The van der Waals surface area contributed by atoms with Crippen molar-refractivity contribution in [1.82, 2.24) is 0 Å². The van der Waals surface area contributed by atoms with Crippen molar-refractivity contribution in [2.75, 3.05) is 6.26 Å². The Kier molecular flexibility index (Phi) is 4.66. The molecule has 0 heterocycles. The van der Waals surface area contributed by atoms with Crippen LogP contribution in [0.1, 0.15) is 5.56 Å². The lowest BCUT2D eigenvalue weighted by atomic mass is 10.2. The molecule has 0 atom stereocenters. The summed E-state index contributed by atoms with van der Waals surface area (Å²) in [5, 5.41) is 0. The maximum atomic E-state index is 13.5. The van der Waals surface area contributed by atoms with Gasteiger partial charge in [0.05, 0.1) is 9.37 Å². The Morgan fingerprint density at radius 1 is 1.17 bits per heavy atom. The Bertz CT molecular complexity index is 531. The van der Waals surface area contributed by atoms with Gasteiger partial charge in [-0.25, -0.2) is 4.39 Å². The highest BCUT2D eigenvalue weighted by atomic mass is 79.9. The van der Waals surface area contributed by atoms with Crippen LogP contribution in [0.15, 0.2) is 51.8 Å². The second kappa shape index (κ2) is 6.25. The fourth-order valence-electron chi connectivity index (χ4n) is 1.55. The van der Waals surface area contributed by atoms with Crippen molar-refractivity contribution >= 4 is 27.7 Å². The van der Waals surface area contributed by atoms with E-state index in [4.69, 9.17) is 4.74 Å². The zero-order chi connectivity index (χ0) is 13.0. The van der Waals surface area contributed by atoms with E-state index in [1.165, 1.54) is 17.8 Å².